The molecule has 6 rings (SSSR count). The van der Waals surface area contributed by atoms with E-state index >= 15 is 0 Å². The van der Waals surface area contributed by atoms with Gasteiger partial charge in [0.15, 0.2) is 0 Å². The summed E-state index contributed by atoms with van der Waals surface area (Å²) in [5.41, 5.74) is 4.22. The van der Waals surface area contributed by atoms with E-state index in [4.69, 9.17) is 0 Å². The normalized spacial score (nSPS) is 31.0. The van der Waals surface area contributed by atoms with Gasteiger partial charge in [-0.3, -0.25) is 4.57 Å². The molecule has 4 aliphatic rings. The van der Waals surface area contributed by atoms with Crippen molar-refractivity contribution in [2.45, 2.75) is 44.4 Å². The smallest absolute Gasteiger partial charge is 0.202 e. The molecule has 2 bridgehead atoms. The predicted octanol–water partition coefficient (Wildman–Crippen LogP) is 4.06. The summed E-state index contributed by atoms with van der Waals surface area (Å²) in [5, 5.41) is 21.6. The molecule has 1 aromatic heterocycles. The number of nitrogens with zero attached hydrogens (tertiary/aromatic N) is 1. The number of aryl methyl sites for hydroxylation is 1. The Bertz CT molecular complexity index is 719. The highest BCUT2D eigenvalue weighted by molar-refractivity contribution is 5.59. The lowest BCUT2D eigenvalue weighted by molar-refractivity contribution is 0.322. The van der Waals surface area contributed by atoms with Gasteiger partial charge in [0.2, 0.25) is 11.8 Å². The van der Waals surface area contributed by atoms with Crippen LogP contribution in [0.5, 0.6) is 11.8 Å². The van der Waals surface area contributed by atoms with Crippen molar-refractivity contribution in [3.05, 3.63) is 41.0 Å². The number of aromatic hydroxyl groups is 2. The van der Waals surface area contributed by atoms with Crippen LogP contribution in [0.15, 0.2) is 24.3 Å². The third-order valence-corrected chi connectivity index (χ3v) is 6.25. The van der Waals surface area contributed by atoms with Crippen molar-refractivity contribution >= 4 is 0 Å². The summed E-state index contributed by atoms with van der Waals surface area (Å²) < 4.78 is 1.65. The molecule has 0 saturated heterocycles. The third-order valence-electron chi connectivity index (χ3n) is 6.25. The first-order valence-electron chi connectivity index (χ1n) is 8.46. The van der Waals surface area contributed by atoms with E-state index in [1.54, 1.807) is 4.57 Å². The standard InChI is InChI=1S/C19H21NO2/c1-2-10-3-5-11(6-4-10)20-18(21)16-12-7-8-13(15-9-14(12)15)17(16)19(20)22/h3-6,12-15,21-22H,2,7-9H2,1H3/t12-,13+,14+,15-. The maximum atomic E-state index is 10.8. The molecule has 4 aliphatic carbocycles. The number of rotatable bonds is 2. The van der Waals surface area contributed by atoms with Crippen molar-refractivity contribution in [1.29, 1.82) is 0 Å². The molecular formula is C19H21NO2. The highest BCUT2D eigenvalue weighted by atomic mass is 16.3. The quantitative estimate of drug-likeness (QED) is 0.877. The van der Waals surface area contributed by atoms with E-state index in [1.165, 1.54) is 24.8 Å². The molecule has 114 valence electrons. The molecule has 2 aromatic rings. The van der Waals surface area contributed by atoms with Gasteiger partial charge in [0.1, 0.15) is 0 Å². The maximum absolute atomic E-state index is 10.8. The first-order chi connectivity index (χ1) is 10.7. The zero-order valence-electron chi connectivity index (χ0n) is 12.8. The minimum atomic E-state index is 0.275. The number of aromatic nitrogens is 1. The fourth-order valence-electron chi connectivity index (χ4n) is 5.10. The van der Waals surface area contributed by atoms with Gasteiger partial charge >= 0.3 is 0 Å². The molecule has 2 fully saturated rings. The van der Waals surface area contributed by atoms with Crippen molar-refractivity contribution < 1.29 is 10.2 Å². The Balaban J connectivity index is 1.69. The molecule has 0 radical (unpaired) electrons. The maximum Gasteiger partial charge on any atom is 0.202 e. The van der Waals surface area contributed by atoms with Crippen LogP contribution in [0, 0.1) is 11.8 Å². The number of benzene rings is 1. The molecule has 0 aliphatic heterocycles. The Morgan fingerprint density at radius 2 is 1.50 bits per heavy atom. The van der Waals surface area contributed by atoms with Crippen LogP contribution in [0.2, 0.25) is 0 Å². The fourth-order valence-corrected chi connectivity index (χ4v) is 5.10. The molecule has 4 atom stereocenters. The van der Waals surface area contributed by atoms with E-state index in [0.717, 1.165) is 35.1 Å². The lowest BCUT2D eigenvalue weighted by Crippen LogP contribution is -2.22. The average Bonchev–Trinajstić information content (AvgIpc) is 3.32. The van der Waals surface area contributed by atoms with Gasteiger partial charge in [-0.25, -0.2) is 0 Å². The van der Waals surface area contributed by atoms with Crippen molar-refractivity contribution in [1.82, 2.24) is 4.57 Å². The molecule has 1 heterocycles. The Labute approximate surface area is 130 Å². The molecule has 3 heteroatoms. The average molecular weight is 295 g/mol. The molecule has 0 amide bonds. The summed E-state index contributed by atoms with van der Waals surface area (Å²) in [7, 11) is 0. The van der Waals surface area contributed by atoms with Gasteiger partial charge in [-0.1, -0.05) is 19.1 Å². The van der Waals surface area contributed by atoms with Crippen LogP contribution < -0.4 is 0 Å². The molecular weight excluding hydrogens is 274 g/mol. The third kappa shape index (κ3) is 1.42. The Morgan fingerprint density at radius 3 is 2.00 bits per heavy atom. The van der Waals surface area contributed by atoms with Gasteiger partial charge in [0, 0.05) is 11.1 Å². The summed E-state index contributed by atoms with van der Waals surface area (Å²) in [4.78, 5) is 0. The van der Waals surface area contributed by atoms with Crippen LogP contribution in [-0.4, -0.2) is 14.8 Å². The molecule has 3 nitrogen and oxygen atoms in total. The zero-order valence-corrected chi connectivity index (χ0v) is 12.8. The van der Waals surface area contributed by atoms with Crippen molar-refractivity contribution in [2.75, 3.05) is 0 Å². The van der Waals surface area contributed by atoms with Crippen LogP contribution in [0.25, 0.3) is 5.69 Å². The molecule has 22 heavy (non-hydrogen) atoms. The van der Waals surface area contributed by atoms with Gasteiger partial charge in [0.05, 0.1) is 5.69 Å². The molecule has 2 N–H and O–H groups in total. The molecule has 2 saturated carbocycles. The highest BCUT2D eigenvalue weighted by Crippen LogP contribution is 2.70. The minimum absolute atomic E-state index is 0.275. The van der Waals surface area contributed by atoms with Gasteiger partial charge < -0.3 is 10.2 Å². The van der Waals surface area contributed by atoms with Gasteiger partial charge in [-0.2, -0.15) is 0 Å². The number of hydrogen-bond donors (Lipinski definition) is 2. The fraction of sp³-hybridized carbons (Fsp3) is 0.474. The van der Waals surface area contributed by atoms with Crippen LogP contribution >= 0.6 is 0 Å². The van der Waals surface area contributed by atoms with Crippen LogP contribution in [-0.2, 0) is 6.42 Å². The van der Waals surface area contributed by atoms with E-state index in [-0.39, 0.29) is 11.8 Å². The Kier molecular flexibility index (Phi) is 2.35. The second kappa shape index (κ2) is 4.09. The summed E-state index contributed by atoms with van der Waals surface area (Å²) in [5.74, 6) is 3.00. The minimum Gasteiger partial charge on any atom is -0.494 e. The number of hydrogen-bond acceptors (Lipinski definition) is 2. The van der Waals surface area contributed by atoms with E-state index in [1.807, 2.05) is 12.1 Å². The van der Waals surface area contributed by atoms with Crippen molar-refractivity contribution in [2.24, 2.45) is 11.8 Å². The highest BCUT2D eigenvalue weighted by Gasteiger charge is 2.58. The van der Waals surface area contributed by atoms with Crippen molar-refractivity contribution in [3.8, 4) is 17.4 Å². The summed E-state index contributed by atoms with van der Waals surface area (Å²) in [6, 6.07) is 8.12. The molecule has 0 spiro atoms. The van der Waals surface area contributed by atoms with Crippen LogP contribution in [0.1, 0.15) is 54.7 Å². The predicted molar refractivity (Wildman–Crippen MR) is 84.8 cm³/mol. The summed E-state index contributed by atoms with van der Waals surface area (Å²) in [6.07, 6.45) is 4.62. The summed E-state index contributed by atoms with van der Waals surface area (Å²) in [6.45, 7) is 2.13. The number of fused-ring (bicyclic) bond motifs is 1. The van der Waals surface area contributed by atoms with E-state index < -0.39 is 0 Å². The van der Waals surface area contributed by atoms with E-state index in [9.17, 15) is 10.2 Å². The second-order valence-corrected chi connectivity index (χ2v) is 7.18. The lowest BCUT2D eigenvalue weighted by Gasteiger charge is -2.35. The van der Waals surface area contributed by atoms with E-state index in [0.29, 0.717) is 11.8 Å². The Morgan fingerprint density at radius 1 is 0.955 bits per heavy atom. The van der Waals surface area contributed by atoms with E-state index in [2.05, 4.69) is 19.1 Å². The van der Waals surface area contributed by atoms with Gasteiger partial charge in [-0.05, 0) is 67.1 Å². The summed E-state index contributed by atoms with van der Waals surface area (Å²) >= 11 is 0. The first-order valence-corrected chi connectivity index (χ1v) is 8.46. The van der Waals surface area contributed by atoms with Crippen LogP contribution in [0.3, 0.4) is 0 Å². The zero-order chi connectivity index (χ0) is 15.0. The van der Waals surface area contributed by atoms with Crippen LogP contribution in [0.4, 0.5) is 0 Å². The Hall–Kier alpha value is -1.90. The molecule has 0 unspecified atom stereocenters. The van der Waals surface area contributed by atoms with Crippen molar-refractivity contribution in [3.63, 3.8) is 0 Å². The largest absolute Gasteiger partial charge is 0.494 e. The van der Waals surface area contributed by atoms with Gasteiger partial charge in [-0.15, -0.1) is 0 Å². The molecule has 1 aromatic carbocycles. The monoisotopic (exact) mass is 295 g/mol. The van der Waals surface area contributed by atoms with Gasteiger partial charge in [0.25, 0.3) is 0 Å². The SMILES string of the molecule is CCc1ccc(-n2c(O)c3c(c2O)[C@@H]2CC[C@H]3[C@H]3C[C@H]32)cc1. The first kappa shape index (κ1) is 12.6. The second-order valence-electron chi connectivity index (χ2n) is 7.18. The topological polar surface area (TPSA) is 45.4 Å². The lowest BCUT2D eigenvalue weighted by atomic mass is 9.68.